The van der Waals surface area contributed by atoms with Crippen molar-refractivity contribution in [2.24, 2.45) is 5.73 Å². The van der Waals surface area contributed by atoms with E-state index in [-0.39, 0.29) is 0 Å². The minimum atomic E-state index is 0.309. The monoisotopic (exact) mass is 290 g/mol. The van der Waals surface area contributed by atoms with E-state index in [9.17, 15) is 0 Å². The standard InChI is InChI=1S/C12H11ClN6O/c13-9-3-1-2-8(6-9)11-15-12(20-17-11)10-7-19(5-4-14)18-16-10/h1-3,6-7H,4-5,14H2. The summed E-state index contributed by atoms with van der Waals surface area (Å²) in [6.45, 7) is 1.07. The van der Waals surface area contributed by atoms with Gasteiger partial charge in [0, 0.05) is 17.1 Å². The number of halogens is 1. The second kappa shape index (κ2) is 5.40. The van der Waals surface area contributed by atoms with Crippen LogP contribution in [0.25, 0.3) is 23.0 Å². The fraction of sp³-hybridized carbons (Fsp3) is 0.167. The van der Waals surface area contributed by atoms with Crippen molar-refractivity contribution < 1.29 is 4.52 Å². The van der Waals surface area contributed by atoms with Gasteiger partial charge in [-0.15, -0.1) is 5.10 Å². The Morgan fingerprint density at radius 2 is 2.25 bits per heavy atom. The summed E-state index contributed by atoms with van der Waals surface area (Å²) in [5.41, 5.74) is 6.74. The molecule has 0 spiro atoms. The zero-order valence-corrected chi connectivity index (χ0v) is 11.2. The van der Waals surface area contributed by atoms with Gasteiger partial charge in [-0.05, 0) is 12.1 Å². The Hall–Kier alpha value is -2.25. The molecule has 20 heavy (non-hydrogen) atoms. The number of hydrogen-bond acceptors (Lipinski definition) is 6. The van der Waals surface area contributed by atoms with Gasteiger partial charge in [-0.1, -0.05) is 34.1 Å². The first-order valence-corrected chi connectivity index (χ1v) is 6.34. The average molecular weight is 291 g/mol. The summed E-state index contributed by atoms with van der Waals surface area (Å²) in [6.07, 6.45) is 1.71. The van der Waals surface area contributed by atoms with Crippen molar-refractivity contribution in [3.05, 3.63) is 35.5 Å². The third-order valence-electron chi connectivity index (χ3n) is 2.62. The zero-order valence-electron chi connectivity index (χ0n) is 10.4. The van der Waals surface area contributed by atoms with Crippen LogP contribution in [0.1, 0.15) is 0 Å². The van der Waals surface area contributed by atoms with E-state index in [1.165, 1.54) is 0 Å². The summed E-state index contributed by atoms with van der Waals surface area (Å²) in [6, 6.07) is 7.23. The van der Waals surface area contributed by atoms with Gasteiger partial charge in [0.25, 0.3) is 5.89 Å². The lowest BCUT2D eigenvalue weighted by Crippen LogP contribution is -2.10. The molecule has 102 valence electrons. The summed E-state index contributed by atoms with van der Waals surface area (Å²) in [5, 5.41) is 12.4. The van der Waals surface area contributed by atoms with Gasteiger partial charge in [0.05, 0.1) is 12.7 Å². The normalized spacial score (nSPS) is 10.9. The summed E-state index contributed by atoms with van der Waals surface area (Å²) in [4.78, 5) is 4.28. The smallest absolute Gasteiger partial charge is 0.280 e. The van der Waals surface area contributed by atoms with E-state index >= 15 is 0 Å². The van der Waals surface area contributed by atoms with Crippen LogP contribution in [0.2, 0.25) is 5.02 Å². The number of rotatable bonds is 4. The predicted molar refractivity (Wildman–Crippen MR) is 72.8 cm³/mol. The highest BCUT2D eigenvalue weighted by Crippen LogP contribution is 2.22. The predicted octanol–water partition coefficient (Wildman–Crippen LogP) is 1.61. The number of hydrogen-bond donors (Lipinski definition) is 1. The Morgan fingerprint density at radius 1 is 1.35 bits per heavy atom. The van der Waals surface area contributed by atoms with Crippen LogP contribution in [0.4, 0.5) is 0 Å². The van der Waals surface area contributed by atoms with Gasteiger partial charge in [-0.25, -0.2) is 0 Å². The highest BCUT2D eigenvalue weighted by molar-refractivity contribution is 6.30. The molecule has 8 heteroatoms. The largest absolute Gasteiger partial charge is 0.332 e. The fourth-order valence-corrected chi connectivity index (χ4v) is 1.90. The van der Waals surface area contributed by atoms with E-state index in [0.717, 1.165) is 5.56 Å². The van der Waals surface area contributed by atoms with Gasteiger partial charge in [0.15, 0.2) is 5.69 Å². The Kier molecular flexibility index (Phi) is 3.44. The van der Waals surface area contributed by atoms with Crippen LogP contribution in [0.3, 0.4) is 0 Å². The van der Waals surface area contributed by atoms with Crippen LogP contribution in [-0.4, -0.2) is 31.7 Å². The highest BCUT2D eigenvalue weighted by Gasteiger charge is 2.13. The number of aromatic nitrogens is 5. The summed E-state index contributed by atoms with van der Waals surface area (Å²) >= 11 is 5.93. The van der Waals surface area contributed by atoms with Crippen molar-refractivity contribution >= 4 is 11.6 Å². The molecular formula is C12H11ClN6O. The Labute approximate surface area is 119 Å². The van der Waals surface area contributed by atoms with E-state index < -0.39 is 0 Å². The summed E-state index contributed by atoms with van der Waals surface area (Å²) in [5.74, 6) is 0.763. The first kappa shape index (κ1) is 12.8. The molecule has 0 aliphatic rings. The SMILES string of the molecule is NCCn1cc(-c2nc(-c3cccc(Cl)c3)no2)nn1. The minimum absolute atomic E-state index is 0.309. The maximum atomic E-state index is 5.93. The van der Waals surface area contributed by atoms with Crippen molar-refractivity contribution in [1.82, 2.24) is 25.1 Å². The molecule has 7 nitrogen and oxygen atoms in total. The van der Waals surface area contributed by atoms with Crippen LogP contribution < -0.4 is 5.73 Å². The molecule has 1 aromatic carbocycles. The van der Waals surface area contributed by atoms with E-state index in [4.69, 9.17) is 21.9 Å². The molecule has 0 amide bonds. The van der Waals surface area contributed by atoms with Gasteiger partial charge in [-0.3, -0.25) is 4.68 Å². The summed E-state index contributed by atoms with van der Waals surface area (Å²) < 4.78 is 6.81. The molecule has 0 saturated heterocycles. The van der Waals surface area contributed by atoms with Crippen molar-refractivity contribution in [2.75, 3.05) is 6.54 Å². The van der Waals surface area contributed by atoms with E-state index in [1.807, 2.05) is 12.1 Å². The molecule has 2 N–H and O–H groups in total. The third kappa shape index (κ3) is 2.54. The van der Waals surface area contributed by atoms with E-state index in [2.05, 4.69) is 20.5 Å². The molecular weight excluding hydrogens is 280 g/mol. The number of nitrogens with zero attached hydrogens (tertiary/aromatic N) is 5. The second-order valence-corrected chi connectivity index (χ2v) is 4.53. The first-order chi connectivity index (χ1) is 9.76. The maximum Gasteiger partial charge on any atom is 0.280 e. The van der Waals surface area contributed by atoms with Crippen LogP contribution in [0, 0.1) is 0 Å². The van der Waals surface area contributed by atoms with Gasteiger partial charge < -0.3 is 10.3 Å². The molecule has 0 atom stereocenters. The number of benzene rings is 1. The molecule has 0 aliphatic carbocycles. The number of nitrogens with two attached hydrogens (primary N) is 1. The van der Waals surface area contributed by atoms with E-state index in [1.54, 1.807) is 23.0 Å². The highest BCUT2D eigenvalue weighted by atomic mass is 35.5. The second-order valence-electron chi connectivity index (χ2n) is 4.09. The Morgan fingerprint density at radius 3 is 3.05 bits per heavy atom. The lowest BCUT2D eigenvalue weighted by Gasteiger charge is -1.93. The average Bonchev–Trinajstić information content (AvgIpc) is 3.07. The van der Waals surface area contributed by atoms with Crippen molar-refractivity contribution in [1.29, 1.82) is 0 Å². The third-order valence-corrected chi connectivity index (χ3v) is 2.86. The minimum Gasteiger partial charge on any atom is -0.332 e. The molecule has 2 aromatic heterocycles. The molecule has 0 unspecified atom stereocenters. The van der Waals surface area contributed by atoms with Gasteiger partial charge >= 0.3 is 0 Å². The van der Waals surface area contributed by atoms with Gasteiger partial charge in [0.2, 0.25) is 5.82 Å². The maximum absolute atomic E-state index is 5.93. The van der Waals surface area contributed by atoms with Crippen LogP contribution in [0.5, 0.6) is 0 Å². The van der Waals surface area contributed by atoms with E-state index in [0.29, 0.717) is 35.5 Å². The molecule has 0 aliphatic heterocycles. The molecule has 2 heterocycles. The molecule has 0 bridgehead atoms. The quantitative estimate of drug-likeness (QED) is 0.784. The van der Waals surface area contributed by atoms with Crippen LogP contribution >= 0.6 is 11.6 Å². The topological polar surface area (TPSA) is 95.7 Å². The van der Waals surface area contributed by atoms with Gasteiger partial charge in [-0.2, -0.15) is 4.98 Å². The lowest BCUT2D eigenvalue weighted by atomic mass is 10.2. The zero-order chi connectivity index (χ0) is 13.9. The van der Waals surface area contributed by atoms with Crippen LogP contribution in [-0.2, 0) is 6.54 Å². The Balaban J connectivity index is 1.89. The Bertz CT molecular complexity index is 722. The van der Waals surface area contributed by atoms with Crippen molar-refractivity contribution in [3.63, 3.8) is 0 Å². The van der Waals surface area contributed by atoms with Crippen molar-refractivity contribution in [3.8, 4) is 23.0 Å². The van der Waals surface area contributed by atoms with Crippen molar-refractivity contribution in [2.45, 2.75) is 6.54 Å². The van der Waals surface area contributed by atoms with Crippen LogP contribution in [0.15, 0.2) is 35.0 Å². The first-order valence-electron chi connectivity index (χ1n) is 5.96. The molecule has 3 rings (SSSR count). The van der Waals surface area contributed by atoms with Gasteiger partial charge in [0.1, 0.15) is 0 Å². The molecule has 0 fully saturated rings. The molecule has 0 saturated carbocycles. The molecule has 3 aromatic rings. The lowest BCUT2D eigenvalue weighted by molar-refractivity contribution is 0.431. The fourth-order valence-electron chi connectivity index (χ4n) is 1.71. The molecule has 0 radical (unpaired) electrons. The summed E-state index contributed by atoms with van der Waals surface area (Å²) in [7, 11) is 0.